The van der Waals surface area contributed by atoms with Crippen LogP contribution in [0.15, 0.2) is 0 Å². The molecule has 3 atom stereocenters. The summed E-state index contributed by atoms with van der Waals surface area (Å²) in [6.45, 7) is 6.52. The fraction of sp³-hybridized carbons (Fsp3) is 1.00. The molecule has 0 aromatic heterocycles. The maximum Gasteiger partial charge on any atom is 0.0622 e. The third-order valence-corrected chi connectivity index (χ3v) is 3.48. The Hall–Kier alpha value is -0.120. The van der Waals surface area contributed by atoms with Crippen LogP contribution in [0.2, 0.25) is 0 Å². The fourth-order valence-corrected chi connectivity index (χ4v) is 2.46. The van der Waals surface area contributed by atoms with Gasteiger partial charge in [0.1, 0.15) is 0 Å². The maximum absolute atomic E-state index is 5.41. The summed E-state index contributed by atoms with van der Waals surface area (Å²) in [5.41, 5.74) is 0. The van der Waals surface area contributed by atoms with Crippen LogP contribution in [0, 0.1) is 5.92 Å². The first-order valence-electron chi connectivity index (χ1n) is 5.29. The molecular formula is C10H20N2O. The maximum atomic E-state index is 5.41. The zero-order valence-electron chi connectivity index (χ0n) is 8.62. The molecule has 0 aliphatic carbocycles. The molecule has 0 aromatic rings. The van der Waals surface area contributed by atoms with E-state index in [1.54, 1.807) is 0 Å². The third-order valence-electron chi connectivity index (χ3n) is 3.48. The average Bonchev–Trinajstić information content (AvgIpc) is 2.72. The van der Waals surface area contributed by atoms with Crippen molar-refractivity contribution < 1.29 is 4.74 Å². The van der Waals surface area contributed by atoms with Crippen LogP contribution in [0.1, 0.15) is 13.3 Å². The highest BCUT2D eigenvalue weighted by Crippen LogP contribution is 2.20. The molecule has 2 rings (SSSR count). The first kappa shape index (κ1) is 9.44. The van der Waals surface area contributed by atoms with Crippen LogP contribution in [0.4, 0.5) is 0 Å². The van der Waals surface area contributed by atoms with Crippen molar-refractivity contribution in [3.63, 3.8) is 0 Å². The standard InChI is InChI=1S/C10H20N2O/c1-8-5-11-6-10(8)12(2)9-3-4-13-7-9/h8-11H,3-7H2,1-2H3. The fourth-order valence-electron chi connectivity index (χ4n) is 2.46. The van der Waals surface area contributed by atoms with E-state index in [9.17, 15) is 0 Å². The lowest BCUT2D eigenvalue weighted by atomic mass is 10.0. The minimum atomic E-state index is 0.660. The van der Waals surface area contributed by atoms with E-state index in [0.29, 0.717) is 12.1 Å². The molecule has 0 spiro atoms. The van der Waals surface area contributed by atoms with Crippen LogP contribution in [-0.2, 0) is 4.74 Å². The molecule has 0 radical (unpaired) electrons. The molecule has 3 unspecified atom stereocenters. The smallest absolute Gasteiger partial charge is 0.0622 e. The van der Waals surface area contributed by atoms with Crippen LogP contribution in [0.5, 0.6) is 0 Å². The molecular weight excluding hydrogens is 164 g/mol. The van der Waals surface area contributed by atoms with Gasteiger partial charge in [0.15, 0.2) is 0 Å². The summed E-state index contributed by atoms with van der Waals surface area (Å²) in [6, 6.07) is 1.37. The minimum Gasteiger partial charge on any atom is -0.380 e. The van der Waals surface area contributed by atoms with Crippen molar-refractivity contribution in [3.05, 3.63) is 0 Å². The van der Waals surface area contributed by atoms with E-state index in [0.717, 1.165) is 25.7 Å². The highest BCUT2D eigenvalue weighted by atomic mass is 16.5. The first-order chi connectivity index (χ1) is 6.29. The Morgan fingerprint density at radius 2 is 2.23 bits per heavy atom. The van der Waals surface area contributed by atoms with Crippen LogP contribution in [-0.4, -0.2) is 50.3 Å². The summed E-state index contributed by atoms with van der Waals surface area (Å²) in [4.78, 5) is 2.51. The first-order valence-corrected chi connectivity index (χ1v) is 5.29. The van der Waals surface area contributed by atoms with Gasteiger partial charge in [0.2, 0.25) is 0 Å². The normalized spacial score (nSPS) is 40.4. The molecule has 0 saturated carbocycles. The van der Waals surface area contributed by atoms with E-state index in [2.05, 4.69) is 24.2 Å². The lowest BCUT2D eigenvalue weighted by Gasteiger charge is -2.31. The van der Waals surface area contributed by atoms with Gasteiger partial charge >= 0.3 is 0 Å². The molecule has 0 amide bonds. The van der Waals surface area contributed by atoms with E-state index < -0.39 is 0 Å². The SMILES string of the molecule is CC1CNCC1N(C)C1CCOC1. The van der Waals surface area contributed by atoms with Crippen LogP contribution in [0.3, 0.4) is 0 Å². The van der Waals surface area contributed by atoms with E-state index in [-0.39, 0.29) is 0 Å². The quantitative estimate of drug-likeness (QED) is 0.668. The number of nitrogens with one attached hydrogen (secondary N) is 1. The molecule has 2 saturated heterocycles. The molecule has 2 aliphatic heterocycles. The summed E-state index contributed by atoms with van der Waals surface area (Å²) in [5, 5.41) is 3.44. The molecule has 2 heterocycles. The van der Waals surface area contributed by atoms with Crippen LogP contribution >= 0.6 is 0 Å². The lowest BCUT2D eigenvalue weighted by Crippen LogP contribution is -2.44. The van der Waals surface area contributed by atoms with E-state index in [1.807, 2.05) is 0 Å². The van der Waals surface area contributed by atoms with E-state index >= 15 is 0 Å². The van der Waals surface area contributed by atoms with Gasteiger partial charge in [0, 0.05) is 25.2 Å². The number of rotatable bonds is 2. The van der Waals surface area contributed by atoms with Crippen molar-refractivity contribution in [2.24, 2.45) is 5.92 Å². The Balaban J connectivity index is 1.91. The van der Waals surface area contributed by atoms with Gasteiger partial charge in [-0.1, -0.05) is 6.92 Å². The van der Waals surface area contributed by atoms with Gasteiger partial charge in [0.05, 0.1) is 6.61 Å². The molecule has 3 nitrogen and oxygen atoms in total. The van der Waals surface area contributed by atoms with Crippen LogP contribution < -0.4 is 5.32 Å². The van der Waals surface area contributed by atoms with Gasteiger partial charge in [-0.05, 0) is 25.9 Å². The second kappa shape index (κ2) is 3.95. The van der Waals surface area contributed by atoms with Crippen molar-refractivity contribution >= 4 is 0 Å². The molecule has 2 aliphatic rings. The zero-order valence-corrected chi connectivity index (χ0v) is 8.62. The molecule has 13 heavy (non-hydrogen) atoms. The second-order valence-electron chi connectivity index (χ2n) is 4.39. The molecule has 0 aromatic carbocycles. The van der Waals surface area contributed by atoms with Gasteiger partial charge in [0.25, 0.3) is 0 Å². The average molecular weight is 184 g/mol. The van der Waals surface area contributed by atoms with Crippen LogP contribution in [0.25, 0.3) is 0 Å². The van der Waals surface area contributed by atoms with Gasteiger partial charge in [-0.25, -0.2) is 0 Å². The summed E-state index contributed by atoms with van der Waals surface area (Å²) >= 11 is 0. The summed E-state index contributed by atoms with van der Waals surface area (Å²) in [6.07, 6.45) is 1.21. The van der Waals surface area contributed by atoms with Crippen molar-refractivity contribution in [2.45, 2.75) is 25.4 Å². The Labute approximate surface area is 80.4 Å². The number of likely N-dealkylation sites (N-methyl/N-ethyl adjacent to an activating group) is 1. The summed E-state index contributed by atoms with van der Waals surface area (Å²) in [7, 11) is 2.24. The van der Waals surface area contributed by atoms with Gasteiger partial charge < -0.3 is 10.1 Å². The van der Waals surface area contributed by atoms with Gasteiger partial charge in [-0.3, -0.25) is 4.90 Å². The monoisotopic (exact) mass is 184 g/mol. The molecule has 3 heteroatoms. The topological polar surface area (TPSA) is 24.5 Å². The Bertz CT molecular complexity index is 168. The van der Waals surface area contributed by atoms with Crippen molar-refractivity contribution in [3.8, 4) is 0 Å². The molecule has 1 N–H and O–H groups in total. The van der Waals surface area contributed by atoms with Gasteiger partial charge in [-0.2, -0.15) is 0 Å². The van der Waals surface area contributed by atoms with E-state index in [1.165, 1.54) is 13.0 Å². The predicted octanol–water partition coefficient (Wildman–Crippen LogP) is 0.315. The summed E-state index contributed by atoms with van der Waals surface area (Å²) in [5.74, 6) is 0.783. The lowest BCUT2D eigenvalue weighted by molar-refractivity contribution is 0.124. The minimum absolute atomic E-state index is 0.660. The second-order valence-corrected chi connectivity index (χ2v) is 4.39. The highest BCUT2D eigenvalue weighted by molar-refractivity contribution is 4.88. The largest absolute Gasteiger partial charge is 0.380 e. The zero-order chi connectivity index (χ0) is 9.26. The van der Waals surface area contributed by atoms with E-state index in [4.69, 9.17) is 4.74 Å². The Morgan fingerprint density at radius 3 is 2.77 bits per heavy atom. The Morgan fingerprint density at radius 1 is 1.38 bits per heavy atom. The number of hydrogen-bond donors (Lipinski definition) is 1. The summed E-state index contributed by atoms with van der Waals surface area (Å²) < 4.78 is 5.41. The molecule has 2 fully saturated rings. The van der Waals surface area contributed by atoms with Crippen molar-refractivity contribution in [2.75, 3.05) is 33.4 Å². The molecule has 0 bridgehead atoms. The molecule has 76 valence electrons. The van der Waals surface area contributed by atoms with Crippen molar-refractivity contribution in [1.29, 1.82) is 0 Å². The number of nitrogens with zero attached hydrogens (tertiary/aromatic N) is 1. The number of ether oxygens (including phenoxy) is 1. The Kier molecular flexibility index (Phi) is 2.86. The number of hydrogen-bond acceptors (Lipinski definition) is 3. The third kappa shape index (κ3) is 1.87. The van der Waals surface area contributed by atoms with Gasteiger partial charge in [-0.15, -0.1) is 0 Å². The predicted molar refractivity (Wildman–Crippen MR) is 52.8 cm³/mol. The van der Waals surface area contributed by atoms with Crippen molar-refractivity contribution in [1.82, 2.24) is 10.2 Å². The highest BCUT2D eigenvalue weighted by Gasteiger charge is 2.32.